The minimum Gasteiger partial charge on any atom is -0.396 e. The average Bonchev–Trinajstić information content (AvgIpc) is 3.15. The van der Waals surface area contributed by atoms with Crippen molar-refractivity contribution in [3.05, 3.63) is 53.9 Å². The monoisotopic (exact) mass is 343 g/mol. The molecule has 7 heteroatoms. The highest BCUT2D eigenvalue weighted by atomic mass is 16.3. The van der Waals surface area contributed by atoms with Crippen LogP contribution in [0.4, 0.5) is 4.79 Å². The Morgan fingerprint density at radius 1 is 1.32 bits per heavy atom. The van der Waals surface area contributed by atoms with Crippen molar-refractivity contribution in [2.24, 2.45) is 5.92 Å². The van der Waals surface area contributed by atoms with Crippen molar-refractivity contribution in [3.63, 3.8) is 0 Å². The maximum Gasteiger partial charge on any atom is 0.315 e. The number of nitrogens with zero attached hydrogens (tertiary/aromatic N) is 2. The summed E-state index contributed by atoms with van der Waals surface area (Å²) in [6.07, 6.45) is 2.52. The molecule has 2 amide bonds. The fraction of sp³-hybridized carbons (Fsp3) is 0.444. The number of aliphatic hydroxyl groups is 1. The molecule has 1 aromatic heterocycles. The van der Waals surface area contributed by atoms with Gasteiger partial charge in [0.15, 0.2) is 0 Å². The first-order valence-electron chi connectivity index (χ1n) is 8.64. The number of nitrogens with one attached hydrogen (secondary N) is 3. The number of rotatable bonds is 6. The number of urea groups is 1. The molecule has 2 aromatic rings. The molecule has 1 fully saturated rings. The number of H-pyrrole nitrogens is 1. The highest BCUT2D eigenvalue weighted by Crippen LogP contribution is 2.19. The standard InChI is InChI=1S/C18H25N5O2/c24-13-15-7-9-23(11-14-4-2-1-3-5-14)12-17(15)21-18(25)19-10-16-6-8-20-22-16/h1-6,8,15,17,24H,7,9-13H2,(H,20,22)(H2,19,21,25). The van der Waals surface area contributed by atoms with Gasteiger partial charge in [-0.2, -0.15) is 5.10 Å². The lowest BCUT2D eigenvalue weighted by Gasteiger charge is -2.38. The van der Waals surface area contributed by atoms with Crippen LogP contribution in [0.5, 0.6) is 0 Å². The first-order chi connectivity index (χ1) is 12.2. The highest BCUT2D eigenvalue weighted by molar-refractivity contribution is 5.74. The van der Waals surface area contributed by atoms with Crippen molar-refractivity contribution < 1.29 is 9.90 Å². The summed E-state index contributed by atoms with van der Waals surface area (Å²) < 4.78 is 0. The first kappa shape index (κ1) is 17.4. The molecule has 4 N–H and O–H groups in total. The number of piperidine rings is 1. The van der Waals surface area contributed by atoms with Crippen LogP contribution in [-0.2, 0) is 13.1 Å². The normalized spacial score (nSPS) is 21.0. The molecule has 25 heavy (non-hydrogen) atoms. The molecular formula is C18H25N5O2. The summed E-state index contributed by atoms with van der Waals surface area (Å²) in [6.45, 7) is 3.00. The Morgan fingerprint density at radius 2 is 2.16 bits per heavy atom. The van der Waals surface area contributed by atoms with Gasteiger partial charge in [-0.15, -0.1) is 0 Å². The van der Waals surface area contributed by atoms with E-state index < -0.39 is 0 Å². The number of benzene rings is 1. The van der Waals surface area contributed by atoms with E-state index in [0.29, 0.717) is 6.54 Å². The van der Waals surface area contributed by atoms with Crippen LogP contribution in [0.15, 0.2) is 42.6 Å². The van der Waals surface area contributed by atoms with Crippen molar-refractivity contribution in [2.75, 3.05) is 19.7 Å². The second-order valence-corrected chi connectivity index (χ2v) is 6.47. The van der Waals surface area contributed by atoms with E-state index in [-0.39, 0.29) is 24.6 Å². The van der Waals surface area contributed by atoms with E-state index in [9.17, 15) is 9.90 Å². The number of carbonyl (C=O) groups excluding carboxylic acids is 1. The summed E-state index contributed by atoms with van der Waals surface area (Å²) in [4.78, 5) is 14.5. The maximum atomic E-state index is 12.2. The molecule has 2 atom stereocenters. The molecule has 0 saturated carbocycles. The van der Waals surface area contributed by atoms with E-state index in [1.165, 1.54) is 5.56 Å². The van der Waals surface area contributed by atoms with Gasteiger partial charge in [-0.3, -0.25) is 10.00 Å². The molecule has 134 valence electrons. The van der Waals surface area contributed by atoms with Crippen LogP contribution in [0.1, 0.15) is 17.7 Å². The van der Waals surface area contributed by atoms with Gasteiger partial charge in [0.2, 0.25) is 0 Å². The molecule has 0 radical (unpaired) electrons. The molecule has 1 aliphatic heterocycles. The number of hydrogen-bond donors (Lipinski definition) is 4. The lowest BCUT2D eigenvalue weighted by atomic mass is 9.92. The summed E-state index contributed by atoms with van der Waals surface area (Å²) in [5, 5.41) is 22.1. The number of carbonyl (C=O) groups is 1. The Bertz CT molecular complexity index is 647. The number of aromatic nitrogens is 2. The molecule has 1 aromatic carbocycles. The summed E-state index contributed by atoms with van der Waals surface area (Å²) in [7, 11) is 0. The fourth-order valence-corrected chi connectivity index (χ4v) is 3.21. The minimum atomic E-state index is -0.223. The van der Waals surface area contributed by atoms with Gasteiger partial charge < -0.3 is 15.7 Å². The predicted molar refractivity (Wildman–Crippen MR) is 94.7 cm³/mol. The molecule has 7 nitrogen and oxygen atoms in total. The van der Waals surface area contributed by atoms with Crippen molar-refractivity contribution in [2.45, 2.75) is 25.6 Å². The molecular weight excluding hydrogens is 318 g/mol. The van der Waals surface area contributed by atoms with E-state index in [1.807, 2.05) is 24.3 Å². The fourth-order valence-electron chi connectivity index (χ4n) is 3.21. The number of aliphatic hydroxyl groups excluding tert-OH is 1. The Labute approximate surface area is 147 Å². The number of hydrogen-bond acceptors (Lipinski definition) is 4. The molecule has 0 spiro atoms. The van der Waals surface area contributed by atoms with Crippen LogP contribution in [0.25, 0.3) is 0 Å². The van der Waals surface area contributed by atoms with Crippen LogP contribution in [0.3, 0.4) is 0 Å². The van der Waals surface area contributed by atoms with Crippen molar-refractivity contribution in [3.8, 4) is 0 Å². The SMILES string of the molecule is O=C(NCc1ccn[nH]1)NC1CN(Cc2ccccc2)CCC1CO. The highest BCUT2D eigenvalue weighted by Gasteiger charge is 2.29. The third-order valence-electron chi connectivity index (χ3n) is 4.64. The number of likely N-dealkylation sites (tertiary alicyclic amines) is 1. The smallest absolute Gasteiger partial charge is 0.315 e. The maximum absolute atomic E-state index is 12.2. The first-order valence-corrected chi connectivity index (χ1v) is 8.64. The van der Waals surface area contributed by atoms with E-state index in [2.05, 4.69) is 37.9 Å². The van der Waals surface area contributed by atoms with Gasteiger partial charge in [-0.1, -0.05) is 30.3 Å². The average molecular weight is 343 g/mol. The van der Waals surface area contributed by atoms with Crippen LogP contribution in [0.2, 0.25) is 0 Å². The van der Waals surface area contributed by atoms with Crippen LogP contribution >= 0.6 is 0 Å². The third kappa shape index (κ3) is 5.04. The van der Waals surface area contributed by atoms with Gasteiger partial charge in [-0.25, -0.2) is 4.79 Å². The molecule has 0 aliphatic carbocycles. The van der Waals surface area contributed by atoms with Gasteiger partial charge in [0.25, 0.3) is 0 Å². The minimum absolute atomic E-state index is 0.0655. The zero-order valence-corrected chi connectivity index (χ0v) is 14.2. The van der Waals surface area contributed by atoms with Crippen LogP contribution in [0, 0.1) is 5.92 Å². The van der Waals surface area contributed by atoms with Crippen LogP contribution < -0.4 is 10.6 Å². The lowest BCUT2D eigenvalue weighted by Crippen LogP contribution is -2.55. The summed E-state index contributed by atoms with van der Waals surface area (Å²) in [6, 6.07) is 11.8. The molecule has 1 aliphatic rings. The van der Waals surface area contributed by atoms with Gasteiger partial charge in [0.05, 0.1) is 12.2 Å². The second-order valence-electron chi connectivity index (χ2n) is 6.47. The Balaban J connectivity index is 1.52. The van der Waals surface area contributed by atoms with Gasteiger partial charge >= 0.3 is 6.03 Å². The molecule has 2 heterocycles. The predicted octanol–water partition coefficient (Wildman–Crippen LogP) is 1.09. The summed E-state index contributed by atoms with van der Waals surface area (Å²) in [5.74, 6) is 0.0879. The molecule has 3 rings (SSSR count). The number of amides is 2. The van der Waals surface area contributed by atoms with E-state index in [0.717, 1.165) is 31.7 Å². The number of aromatic amines is 1. The van der Waals surface area contributed by atoms with Crippen molar-refractivity contribution in [1.82, 2.24) is 25.7 Å². The zero-order chi connectivity index (χ0) is 17.5. The molecule has 2 unspecified atom stereocenters. The van der Waals surface area contributed by atoms with E-state index in [1.54, 1.807) is 6.20 Å². The van der Waals surface area contributed by atoms with Gasteiger partial charge in [-0.05, 0) is 24.6 Å². The quantitative estimate of drug-likeness (QED) is 0.632. The van der Waals surface area contributed by atoms with E-state index in [4.69, 9.17) is 0 Å². The Kier molecular flexibility index (Phi) is 6.03. The van der Waals surface area contributed by atoms with Crippen LogP contribution in [-0.4, -0.2) is 52.0 Å². The third-order valence-corrected chi connectivity index (χ3v) is 4.64. The largest absolute Gasteiger partial charge is 0.396 e. The zero-order valence-electron chi connectivity index (χ0n) is 14.2. The van der Waals surface area contributed by atoms with Gasteiger partial charge in [0, 0.05) is 37.9 Å². The van der Waals surface area contributed by atoms with Gasteiger partial charge in [0.1, 0.15) is 0 Å². The lowest BCUT2D eigenvalue weighted by molar-refractivity contribution is 0.0946. The summed E-state index contributed by atoms with van der Waals surface area (Å²) >= 11 is 0. The van der Waals surface area contributed by atoms with Crippen molar-refractivity contribution in [1.29, 1.82) is 0 Å². The molecule has 1 saturated heterocycles. The second kappa shape index (κ2) is 8.64. The Morgan fingerprint density at radius 3 is 2.88 bits per heavy atom. The topological polar surface area (TPSA) is 93.3 Å². The molecule has 0 bridgehead atoms. The van der Waals surface area contributed by atoms with Crippen molar-refractivity contribution >= 4 is 6.03 Å². The summed E-state index contributed by atoms with van der Waals surface area (Å²) in [5.41, 5.74) is 2.11. The Hall–Kier alpha value is -2.38. The van der Waals surface area contributed by atoms with E-state index >= 15 is 0 Å².